The van der Waals surface area contributed by atoms with Crippen LogP contribution in [0.3, 0.4) is 0 Å². The Morgan fingerprint density at radius 1 is 1.16 bits per heavy atom. The van der Waals surface area contributed by atoms with E-state index < -0.39 is 12.0 Å². The summed E-state index contributed by atoms with van der Waals surface area (Å²) in [6.07, 6.45) is 1.85. The summed E-state index contributed by atoms with van der Waals surface area (Å²) in [5.74, 6) is -0.514. The summed E-state index contributed by atoms with van der Waals surface area (Å²) < 4.78 is 7.12. The first-order chi connectivity index (χ1) is 15.3. The highest BCUT2D eigenvalue weighted by Crippen LogP contribution is 2.31. The highest BCUT2D eigenvalue weighted by atomic mass is 35.5. The Labute approximate surface area is 194 Å². The Morgan fingerprint density at radius 3 is 2.41 bits per heavy atom. The first kappa shape index (κ1) is 22.0. The van der Waals surface area contributed by atoms with E-state index >= 15 is 0 Å². The van der Waals surface area contributed by atoms with Crippen molar-refractivity contribution < 1.29 is 9.53 Å². The van der Waals surface area contributed by atoms with Gasteiger partial charge in [0.2, 0.25) is 0 Å². The minimum Gasteiger partial charge on any atom is -0.466 e. The number of nitrogens with zero attached hydrogens (tertiary/aromatic N) is 3. The van der Waals surface area contributed by atoms with Gasteiger partial charge in [-0.3, -0.25) is 9.36 Å². The molecule has 2 heterocycles. The van der Waals surface area contributed by atoms with Gasteiger partial charge in [0, 0.05) is 24.8 Å². The number of ether oxygens (including phenoxy) is 1. The molecule has 0 amide bonds. The van der Waals surface area contributed by atoms with Gasteiger partial charge in [-0.2, -0.15) is 0 Å². The van der Waals surface area contributed by atoms with Crippen molar-refractivity contribution in [1.29, 1.82) is 0 Å². The molecule has 1 aliphatic rings. The molecule has 1 atom stereocenters. The van der Waals surface area contributed by atoms with Crippen LogP contribution < -0.4 is 19.8 Å². The predicted molar refractivity (Wildman–Crippen MR) is 128 cm³/mol. The fraction of sp³-hybridized carbons (Fsp3) is 0.208. The zero-order chi connectivity index (χ0) is 23.0. The van der Waals surface area contributed by atoms with Crippen LogP contribution in [-0.2, 0) is 9.53 Å². The number of rotatable bonds is 4. The number of hydrogen-bond donors (Lipinski definition) is 0. The number of fused-ring (bicyclic) bond motifs is 1. The van der Waals surface area contributed by atoms with Crippen molar-refractivity contribution in [3.63, 3.8) is 0 Å². The molecular weight excluding hydrogens is 446 g/mol. The highest BCUT2D eigenvalue weighted by Gasteiger charge is 2.33. The van der Waals surface area contributed by atoms with Crippen LogP contribution in [0.2, 0.25) is 5.02 Å². The van der Waals surface area contributed by atoms with E-state index in [4.69, 9.17) is 16.3 Å². The number of halogens is 1. The third-order valence-corrected chi connectivity index (χ3v) is 6.55. The van der Waals surface area contributed by atoms with Crippen molar-refractivity contribution in [3.05, 3.63) is 95.6 Å². The zero-order valence-electron chi connectivity index (χ0n) is 18.1. The molecule has 0 fully saturated rings. The maximum absolute atomic E-state index is 13.5. The van der Waals surface area contributed by atoms with Gasteiger partial charge < -0.3 is 9.64 Å². The molecular formula is C24H22ClN3O3S. The number of hydrogen-bond acceptors (Lipinski definition) is 6. The van der Waals surface area contributed by atoms with Crippen LogP contribution in [0.15, 0.2) is 69.6 Å². The molecule has 0 N–H and O–H groups in total. The predicted octanol–water partition coefficient (Wildman–Crippen LogP) is 3.13. The van der Waals surface area contributed by atoms with Gasteiger partial charge in [-0.05, 0) is 48.4 Å². The third kappa shape index (κ3) is 4.01. The minimum atomic E-state index is -0.644. The fourth-order valence-electron chi connectivity index (χ4n) is 3.67. The number of anilines is 1. The number of thiazole rings is 1. The van der Waals surface area contributed by atoms with Gasteiger partial charge in [0.1, 0.15) is 0 Å². The van der Waals surface area contributed by atoms with Crippen LogP contribution in [0.4, 0.5) is 5.69 Å². The number of methoxy groups -OCH3 is 1. The second-order valence-corrected chi connectivity index (χ2v) is 9.06. The molecule has 0 radical (unpaired) electrons. The lowest BCUT2D eigenvalue weighted by atomic mass is 9.96. The van der Waals surface area contributed by atoms with Crippen molar-refractivity contribution in [2.75, 3.05) is 26.1 Å². The molecule has 0 saturated carbocycles. The monoisotopic (exact) mass is 467 g/mol. The van der Waals surface area contributed by atoms with Crippen LogP contribution in [0, 0.1) is 0 Å². The van der Waals surface area contributed by atoms with Gasteiger partial charge in [-0.25, -0.2) is 9.79 Å². The van der Waals surface area contributed by atoms with E-state index in [1.165, 1.54) is 18.4 Å². The maximum Gasteiger partial charge on any atom is 0.338 e. The fourth-order valence-corrected chi connectivity index (χ4v) is 4.85. The molecule has 2 aromatic carbocycles. The van der Waals surface area contributed by atoms with E-state index in [1.807, 2.05) is 61.5 Å². The number of carbonyl (C=O) groups is 1. The third-order valence-electron chi connectivity index (χ3n) is 5.32. The molecule has 4 rings (SSSR count). The van der Waals surface area contributed by atoms with Gasteiger partial charge in [-0.15, -0.1) is 0 Å². The molecule has 32 heavy (non-hydrogen) atoms. The summed E-state index contributed by atoms with van der Waals surface area (Å²) in [6, 6.07) is 14.4. The van der Waals surface area contributed by atoms with E-state index in [-0.39, 0.29) is 5.56 Å². The standard InChI is InChI=1S/C24H22ClN3O3S/c1-14-20(23(30)31-4)21(16-7-9-17(25)10-8-16)28-22(29)19(32-24(28)26-14)13-15-5-11-18(12-6-15)27(2)3/h5-13,21H,1-4H3/b19-13-/t21-/m0/s1. The molecule has 0 bridgehead atoms. The smallest absolute Gasteiger partial charge is 0.338 e. The first-order valence-electron chi connectivity index (χ1n) is 9.94. The number of aromatic nitrogens is 1. The SMILES string of the molecule is COC(=O)C1=C(C)N=c2s/c(=C\c3ccc(N(C)C)cc3)c(=O)n2[C@H]1c1ccc(Cl)cc1. The van der Waals surface area contributed by atoms with E-state index in [2.05, 4.69) is 4.99 Å². The Hall–Kier alpha value is -3.16. The number of allylic oxidation sites excluding steroid dienone is 1. The van der Waals surface area contributed by atoms with Gasteiger partial charge >= 0.3 is 5.97 Å². The van der Waals surface area contributed by atoms with E-state index in [9.17, 15) is 9.59 Å². The normalized spacial score (nSPS) is 15.9. The molecule has 8 heteroatoms. The summed E-state index contributed by atoms with van der Waals surface area (Å²) in [5, 5.41) is 0.572. The molecule has 1 aromatic heterocycles. The first-order valence-corrected chi connectivity index (χ1v) is 11.1. The van der Waals surface area contributed by atoms with Crippen molar-refractivity contribution >= 4 is 40.7 Å². The van der Waals surface area contributed by atoms with Crippen molar-refractivity contribution in [1.82, 2.24) is 4.57 Å². The molecule has 164 valence electrons. The Balaban J connectivity index is 1.91. The quantitative estimate of drug-likeness (QED) is 0.553. The van der Waals surface area contributed by atoms with Gasteiger partial charge in [0.15, 0.2) is 4.80 Å². The highest BCUT2D eigenvalue weighted by molar-refractivity contribution is 7.07. The number of esters is 1. The van der Waals surface area contributed by atoms with Gasteiger partial charge in [0.25, 0.3) is 5.56 Å². The van der Waals surface area contributed by atoms with Crippen LogP contribution in [0.1, 0.15) is 24.1 Å². The molecule has 3 aromatic rings. The summed E-state index contributed by atoms with van der Waals surface area (Å²) in [4.78, 5) is 33.2. The molecule has 0 unspecified atom stereocenters. The lowest BCUT2D eigenvalue weighted by Gasteiger charge is -2.24. The topological polar surface area (TPSA) is 63.9 Å². The lowest BCUT2D eigenvalue weighted by molar-refractivity contribution is -0.136. The van der Waals surface area contributed by atoms with E-state index in [0.29, 0.717) is 25.6 Å². The van der Waals surface area contributed by atoms with Crippen molar-refractivity contribution in [2.45, 2.75) is 13.0 Å². The van der Waals surface area contributed by atoms with Crippen molar-refractivity contribution in [2.24, 2.45) is 4.99 Å². The van der Waals surface area contributed by atoms with Gasteiger partial charge in [0.05, 0.1) is 29.0 Å². The minimum absolute atomic E-state index is 0.209. The van der Waals surface area contributed by atoms with Crippen LogP contribution in [-0.4, -0.2) is 31.7 Å². The molecule has 0 aliphatic carbocycles. The van der Waals surface area contributed by atoms with E-state index in [1.54, 1.807) is 23.6 Å². The summed E-state index contributed by atoms with van der Waals surface area (Å²) in [5.41, 5.74) is 3.40. The number of benzene rings is 2. The molecule has 6 nitrogen and oxygen atoms in total. The largest absolute Gasteiger partial charge is 0.466 e. The van der Waals surface area contributed by atoms with E-state index in [0.717, 1.165) is 16.8 Å². The number of carbonyl (C=O) groups excluding carboxylic acids is 1. The summed E-state index contributed by atoms with van der Waals surface area (Å²) in [7, 11) is 5.28. The van der Waals surface area contributed by atoms with Crippen LogP contribution in [0.5, 0.6) is 0 Å². The molecule has 1 aliphatic heterocycles. The second kappa shape index (κ2) is 8.76. The van der Waals surface area contributed by atoms with Crippen LogP contribution >= 0.6 is 22.9 Å². The lowest BCUT2D eigenvalue weighted by Crippen LogP contribution is -2.39. The Kier molecular flexibility index (Phi) is 6.04. The summed E-state index contributed by atoms with van der Waals surface area (Å²) in [6.45, 7) is 1.76. The maximum atomic E-state index is 13.5. The van der Waals surface area contributed by atoms with Crippen molar-refractivity contribution in [3.8, 4) is 0 Å². The van der Waals surface area contributed by atoms with Gasteiger partial charge in [-0.1, -0.05) is 47.2 Å². The van der Waals surface area contributed by atoms with Crippen LogP contribution in [0.25, 0.3) is 6.08 Å². The summed E-state index contributed by atoms with van der Waals surface area (Å²) >= 11 is 7.36. The second-order valence-electron chi connectivity index (χ2n) is 7.61. The molecule has 0 spiro atoms. The Bertz CT molecular complexity index is 1380. The zero-order valence-corrected chi connectivity index (χ0v) is 19.7. The average Bonchev–Trinajstić information content (AvgIpc) is 3.08. The average molecular weight is 468 g/mol. The molecule has 0 saturated heterocycles. The Morgan fingerprint density at radius 2 is 1.81 bits per heavy atom.